The summed E-state index contributed by atoms with van der Waals surface area (Å²) in [5, 5.41) is 0. The van der Waals surface area contributed by atoms with Gasteiger partial charge in [0.25, 0.3) is 0 Å². The summed E-state index contributed by atoms with van der Waals surface area (Å²) in [6, 6.07) is 7.64. The molecule has 0 spiro atoms. The lowest BCUT2D eigenvalue weighted by molar-refractivity contribution is 0.111. The van der Waals surface area contributed by atoms with Crippen LogP contribution in [0.15, 0.2) is 24.3 Å². The number of hydrogen-bond acceptors (Lipinski definition) is 3. The van der Waals surface area contributed by atoms with Gasteiger partial charge in [0.15, 0.2) is 6.29 Å². The summed E-state index contributed by atoms with van der Waals surface area (Å²) in [5.41, 5.74) is 2.23. The van der Waals surface area contributed by atoms with Crippen molar-refractivity contribution in [1.82, 2.24) is 9.55 Å². The van der Waals surface area contributed by atoms with E-state index in [1.807, 2.05) is 52.1 Å². The number of imidazole rings is 1. The third-order valence-corrected chi connectivity index (χ3v) is 2.97. The van der Waals surface area contributed by atoms with E-state index in [-0.39, 0.29) is 6.10 Å². The molecule has 0 aliphatic heterocycles. The van der Waals surface area contributed by atoms with Crippen LogP contribution in [-0.4, -0.2) is 21.9 Å². The van der Waals surface area contributed by atoms with Gasteiger partial charge >= 0.3 is 0 Å². The van der Waals surface area contributed by atoms with Crippen LogP contribution in [0.1, 0.15) is 30.2 Å². The van der Waals surface area contributed by atoms with Crippen molar-refractivity contribution >= 4 is 6.29 Å². The summed E-state index contributed by atoms with van der Waals surface area (Å²) in [5.74, 6) is 1.64. The Kier molecular flexibility index (Phi) is 3.69. The number of aldehydes is 1. The molecule has 0 aliphatic rings. The van der Waals surface area contributed by atoms with Crippen molar-refractivity contribution in [2.75, 3.05) is 0 Å². The van der Waals surface area contributed by atoms with Crippen molar-refractivity contribution in [3.8, 4) is 17.0 Å². The Morgan fingerprint density at radius 1 is 1.26 bits per heavy atom. The third kappa shape index (κ3) is 2.67. The highest BCUT2D eigenvalue weighted by Crippen LogP contribution is 2.25. The second-order valence-corrected chi connectivity index (χ2v) is 4.76. The van der Waals surface area contributed by atoms with E-state index in [4.69, 9.17) is 4.74 Å². The second kappa shape index (κ2) is 5.26. The van der Waals surface area contributed by atoms with Crippen LogP contribution in [-0.2, 0) is 7.05 Å². The minimum Gasteiger partial charge on any atom is -0.491 e. The number of aryl methyl sites for hydroxylation is 1. The lowest BCUT2D eigenvalue weighted by Gasteiger charge is -2.09. The molecular weight excluding hydrogens is 240 g/mol. The lowest BCUT2D eigenvalue weighted by Crippen LogP contribution is -2.05. The maximum atomic E-state index is 11.2. The van der Waals surface area contributed by atoms with Crippen LogP contribution < -0.4 is 4.74 Å². The van der Waals surface area contributed by atoms with Crippen LogP contribution in [0.3, 0.4) is 0 Å². The molecule has 0 fully saturated rings. The molecule has 2 aromatic rings. The maximum Gasteiger partial charge on any atom is 0.168 e. The number of nitrogens with zero attached hydrogens (tertiary/aromatic N) is 2. The molecule has 0 saturated carbocycles. The fraction of sp³-hybridized carbons (Fsp3) is 0.333. The fourth-order valence-electron chi connectivity index (χ4n) is 1.94. The van der Waals surface area contributed by atoms with Crippen LogP contribution in [0, 0.1) is 6.92 Å². The van der Waals surface area contributed by atoms with Gasteiger partial charge in [-0.2, -0.15) is 0 Å². The first-order valence-electron chi connectivity index (χ1n) is 6.28. The molecule has 2 rings (SSSR count). The molecule has 0 amide bonds. The number of benzene rings is 1. The maximum absolute atomic E-state index is 11.2. The topological polar surface area (TPSA) is 44.1 Å². The van der Waals surface area contributed by atoms with Gasteiger partial charge in [-0.05, 0) is 45.0 Å². The van der Waals surface area contributed by atoms with E-state index in [0.717, 1.165) is 23.4 Å². The molecule has 0 N–H and O–H groups in total. The van der Waals surface area contributed by atoms with Crippen molar-refractivity contribution in [1.29, 1.82) is 0 Å². The van der Waals surface area contributed by atoms with Crippen LogP contribution in [0.25, 0.3) is 11.3 Å². The van der Waals surface area contributed by atoms with Crippen molar-refractivity contribution in [3.63, 3.8) is 0 Å². The zero-order chi connectivity index (χ0) is 14.0. The fourth-order valence-corrected chi connectivity index (χ4v) is 1.94. The van der Waals surface area contributed by atoms with E-state index >= 15 is 0 Å². The second-order valence-electron chi connectivity index (χ2n) is 4.76. The summed E-state index contributed by atoms with van der Waals surface area (Å²) in [7, 11) is 1.84. The number of rotatable bonds is 4. The Morgan fingerprint density at radius 2 is 1.89 bits per heavy atom. The Bertz CT molecular complexity index is 583. The summed E-state index contributed by atoms with van der Waals surface area (Å²) >= 11 is 0. The minimum absolute atomic E-state index is 0.147. The molecule has 0 saturated heterocycles. The molecule has 1 aromatic heterocycles. The van der Waals surface area contributed by atoms with Gasteiger partial charge < -0.3 is 9.30 Å². The highest BCUT2D eigenvalue weighted by atomic mass is 16.5. The average molecular weight is 258 g/mol. The van der Waals surface area contributed by atoms with Crippen molar-refractivity contribution < 1.29 is 9.53 Å². The van der Waals surface area contributed by atoms with Gasteiger partial charge in [-0.15, -0.1) is 0 Å². The first-order valence-corrected chi connectivity index (χ1v) is 6.28. The van der Waals surface area contributed by atoms with Gasteiger partial charge in [-0.3, -0.25) is 4.79 Å². The summed E-state index contributed by atoms with van der Waals surface area (Å²) in [6.07, 6.45) is 0.988. The molecule has 0 aliphatic carbocycles. The molecule has 0 bridgehead atoms. The quantitative estimate of drug-likeness (QED) is 0.792. The molecule has 1 aromatic carbocycles. The Labute approximate surface area is 113 Å². The number of carbonyl (C=O) groups is 1. The summed E-state index contributed by atoms with van der Waals surface area (Å²) < 4.78 is 7.39. The first kappa shape index (κ1) is 13.3. The molecule has 0 radical (unpaired) electrons. The minimum atomic E-state index is 0.147. The van der Waals surface area contributed by atoms with Crippen LogP contribution in [0.5, 0.6) is 5.75 Å². The monoisotopic (exact) mass is 258 g/mol. The van der Waals surface area contributed by atoms with E-state index in [1.165, 1.54) is 0 Å². The molecular formula is C15H18N2O2. The zero-order valence-electron chi connectivity index (χ0n) is 11.7. The number of aromatic nitrogens is 2. The van der Waals surface area contributed by atoms with E-state index in [2.05, 4.69) is 4.98 Å². The number of ether oxygens (including phenoxy) is 1. The largest absolute Gasteiger partial charge is 0.491 e. The average Bonchev–Trinajstić information content (AvgIpc) is 2.65. The van der Waals surface area contributed by atoms with Gasteiger partial charge in [0.05, 0.1) is 11.8 Å². The van der Waals surface area contributed by atoms with E-state index in [9.17, 15) is 4.79 Å². The third-order valence-electron chi connectivity index (χ3n) is 2.97. The van der Waals surface area contributed by atoms with Gasteiger partial charge in [-0.1, -0.05) is 0 Å². The van der Waals surface area contributed by atoms with Gasteiger partial charge in [-0.25, -0.2) is 4.98 Å². The standard InChI is InChI=1S/C15H18N2O2/c1-10(2)19-13-7-5-12(6-8-13)15-14(9-18)17(4)11(3)16-15/h5-10H,1-4H3. The van der Waals surface area contributed by atoms with Crippen molar-refractivity contribution in [3.05, 3.63) is 35.8 Å². The lowest BCUT2D eigenvalue weighted by atomic mass is 10.1. The summed E-state index contributed by atoms with van der Waals surface area (Å²) in [4.78, 5) is 15.6. The smallest absolute Gasteiger partial charge is 0.168 e. The molecule has 0 unspecified atom stereocenters. The molecule has 19 heavy (non-hydrogen) atoms. The highest BCUT2D eigenvalue weighted by Gasteiger charge is 2.13. The van der Waals surface area contributed by atoms with E-state index < -0.39 is 0 Å². The predicted molar refractivity (Wildman–Crippen MR) is 74.5 cm³/mol. The number of carbonyl (C=O) groups excluding carboxylic acids is 1. The van der Waals surface area contributed by atoms with E-state index in [0.29, 0.717) is 11.4 Å². The number of hydrogen-bond donors (Lipinski definition) is 0. The first-order chi connectivity index (χ1) is 9.02. The Morgan fingerprint density at radius 3 is 2.42 bits per heavy atom. The molecule has 1 heterocycles. The summed E-state index contributed by atoms with van der Waals surface area (Å²) in [6.45, 7) is 5.85. The van der Waals surface area contributed by atoms with Gasteiger partial charge in [0.2, 0.25) is 0 Å². The van der Waals surface area contributed by atoms with Crippen LogP contribution >= 0.6 is 0 Å². The Balaban J connectivity index is 2.37. The molecule has 4 heteroatoms. The van der Waals surface area contributed by atoms with Gasteiger partial charge in [0.1, 0.15) is 17.3 Å². The SMILES string of the molecule is Cc1nc(-c2ccc(OC(C)C)cc2)c(C=O)n1C. The van der Waals surface area contributed by atoms with Crippen LogP contribution in [0.2, 0.25) is 0 Å². The Hall–Kier alpha value is -2.10. The molecule has 4 nitrogen and oxygen atoms in total. The zero-order valence-corrected chi connectivity index (χ0v) is 11.7. The van der Waals surface area contributed by atoms with Gasteiger partial charge in [0, 0.05) is 12.6 Å². The predicted octanol–water partition coefficient (Wildman–Crippen LogP) is 3.00. The normalized spacial score (nSPS) is 10.8. The molecule has 100 valence electrons. The van der Waals surface area contributed by atoms with E-state index in [1.54, 1.807) is 4.57 Å². The van der Waals surface area contributed by atoms with Crippen LogP contribution in [0.4, 0.5) is 0 Å². The van der Waals surface area contributed by atoms with Crippen molar-refractivity contribution in [2.24, 2.45) is 7.05 Å². The van der Waals surface area contributed by atoms with Crippen molar-refractivity contribution in [2.45, 2.75) is 26.9 Å². The highest BCUT2D eigenvalue weighted by molar-refractivity contribution is 5.84. The molecule has 0 atom stereocenters.